The molecule has 1 aromatic carbocycles. The van der Waals surface area contributed by atoms with Gasteiger partial charge in [-0.2, -0.15) is 5.10 Å². The maximum Gasteiger partial charge on any atom is 0.313 e. The average Bonchev–Trinajstić information content (AvgIpc) is 3.29. The molecule has 0 spiro atoms. The van der Waals surface area contributed by atoms with Gasteiger partial charge in [-0.25, -0.2) is 13.8 Å². The van der Waals surface area contributed by atoms with Gasteiger partial charge in [0.2, 0.25) is 0 Å². The molecule has 246 valence electrons. The number of aliphatic hydroxyl groups excluding tert-OH is 1. The Morgan fingerprint density at radius 3 is 2.44 bits per heavy atom. The van der Waals surface area contributed by atoms with E-state index in [-0.39, 0.29) is 34.3 Å². The molecular formula is C34H46ClF2N5O3. The number of hydrogen-bond acceptors (Lipinski definition) is 7. The molecule has 8 nitrogen and oxygen atoms in total. The van der Waals surface area contributed by atoms with Gasteiger partial charge < -0.3 is 15.2 Å². The summed E-state index contributed by atoms with van der Waals surface area (Å²) in [6, 6.07) is 8.10. The normalized spacial score (nSPS) is 20.2. The number of ether oxygens (including phenoxy) is 1. The van der Waals surface area contributed by atoms with Crippen LogP contribution in [0.25, 0.3) is 0 Å². The van der Waals surface area contributed by atoms with Crippen LogP contribution in [0.15, 0.2) is 30.3 Å². The summed E-state index contributed by atoms with van der Waals surface area (Å²) in [5, 5.41) is 18.4. The van der Waals surface area contributed by atoms with E-state index in [9.17, 15) is 14.3 Å². The molecule has 3 aromatic rings. The lowest BCUT2D eigenvalue weighted by Gasteiger charge is -2.45. The fourth-order valence-corrected chi connectivity index (χ4v) is 6.25. The van der Waals surface area contributed by atoms with Crippen LogP contribution in [0, 0.1) is 24.0 Å². The maximum absolute atomic E-state index is 16.0. The predicted octanol–water partition coefficient (Wildman–Crippen LogP) is 7.63. The van der Waals surface area contributed by atoms with E-state index in [0.29, 0.717) is 43.1 Å². The minimum absolute atomic E-state index is 0.0395. The SMILES string of the molecule is Cc1cc(Nc2cc(C(C)O)c(F)c(CC3(C(=O)OC(C)(C)C)CCN(Cc4cccc(Cl)c4F)[C@H](C)C3)n2)nn1C(C)(C)C. The van der Waals surface area contributed by atoms with Crippen molar-refractivity contribution in [3.05, 3.63) is 69.5 Å². The number of benzene rings is 1. The van der Waals surface area contributed by atoms with Gasteiger partial charge in [-0.1, -0.05) is 23.7 Å². The lowest BCUT2D eigenvalue weighted by molar-refractivity contribution is -0.172. The summed E-state index contributed by atoms with van der Waals surface area (Å²) in [6.07, 6.45) is -0.483. The lowest BCUT2D eigenvalue weighted by Crippen LogP contribution is -2.51. The predicted molar refractivity (Wildman–Crippen MR) is 173 cm³/mol. The summed E-state index contributed by atoms with van der Waals surface area (Å²) >= 11 is 6.02. The molecule has 1 saturated heterocycles. The zero-order chi connectivity index (χ0) is 33.5. The number of aliphatic hydroxyl groups is 1. The number of esters is 1. The highest BCUT2D eigenvalue weighted by Gasteiger charge is 2.47. The quantitative estimate of drug-likeness (QED) is 0.243. The van der Waals surface area contributed by atoms with E-state index in [1.165, 1.54) is 19.1 Å². The largest absolute Gasteiger partial charge is 0.460 e. The molecule has 1 aliphatic heterocycles. The van der Waals surface area contributed by atoms with E-state index in [0.717, 1.165) is 5.69 Å². The van der Waals surface area contributed by atoms with E-state index < -0.39 is 34.7 Å². The zero-order valence-electron chi connectivity index (χ0n) is 27.8. The van der Waals surface area contributed by atoms with Crippen LogP contribution in [0.4, 0.5) is 20.4 Å². The number of rotatable bonds is 8. The third kappa shape index (κ3) is 8.02. The summed E-state index contributed by atoms with van der Waals surface area (Å²) in [7, 11) is 0. The number of hydrogen-bond donors (Lipinski definition) is 2. The number of carbonyl (C=O) groups is 1. The number of nitrogens with zero attached hydrogens (tertiary/aromatic N) is 4. The van der Waals surface area contributed by atoms with Gasteiger partial charge in [-0.15, -0.1) is 0 Å². The number of anilines is 2. The van der Waals surface area contributed by atoms with Gasteiger partial charge in [-0.05, 0) is 93.8 Å². The molecule has 0 radical (unpaired) electrons. The molecule has 2 aromatic heterocycles. The number of piperidine rings is 1. The third-order valence-electron chi connectivity index (χ3n) is 8.21. The summed E-state index contributed by atoms with van der Waals surface area (Å²) in [4.78, 5) is 20.7. The van der Waals surface area contributed by atoms with Crippen molar-refractivity contribution in [3.63, 3.8) is 0 Å². The van der Waals surface area contributed by atoms with E-state index >= 15 is 4.39 Å². The van der Waals surface area contributed by atoms with Gasteiger partial charge in [0.15, 0.2) is 11.6 Å². The van der Waals surface area contributed by atoms with Crippen LogP contribution in [0.3, 0.4) is 0 Å². The molecule has 11 heteroatoms. The second-order valence-electron chi connectivity index (χ2n) is 14.4. The van der Waals surface area contributed by atoms with Crippen LogP contribution in [0.1, 0.15) is 96.9 Å². The van der Waals surface area contributed by atoms with Crippen LogP contribution in [0.2, 0.25) is 5.02 Å². The highest BCUT2D eigenvalue weighted by atomic mass is 35.5. The number of nitrogens with one attached hydrogen (secondary N) is 1. The first-order valence-electron chi connectivity index (χ1n) is 15.4. The Hall–Kier alpha value is -3.08. The Bertz CT molecular complexity index is 1550. The first kappa shape index (κ1) is 34.8. The summed E-state index contributed by atoms with van der Waals surface area (Å²) in [5.74, 6) is -0.721. The number of aryl methyl sites for hydroxylation is 1. The molecular weight excluding hydrogens is 600 g/mol. The van der Waals surface area contributed by atoms with Crippen molar-refractivity contribution in [1.82, 2.24) is 19.7 Å². The Morgan fingerprint density at radius 1 is 1.18 bits per heavy atom. The average molecular weight is 646 g/mol. The molecule has 1 aliphatic rings. The highest BCUT2D eigenvalue weighted by molar-refractivity contribution is 6.30. The molecule has 0 aliphatic carbocycles. The van der Waals surface area contributed by atoms with Crippen molar-refractivity contribution >= 4 is 29.2 Å². The van der Waals surface area contributed by atoms with Gasteiger partial charge >= 0.3 is 5.97 Å². The van der Waals surface area contributed by atoms with Gasteiger partial charge in [0.25, 0.3) is 0 Å². The fourth-order valence-electron chi connectivity index (χ4n) is 6.06. The molecule has 1 fully saturated rings. The zero-order valence-corrected chi connectivity index (χ0v) is 28.5. The molecule has 3 heterocycles. The lowest BCUT2D eigenvalue weighted by atomic mass is 9.71. The molecule has 0 saturated carbocycles. The van der Waals surface area contributed by atoms with E-state index in [4.69, 9.17) is 16.3 Å². The van der Waals surface area contributed by atoms with Crippen LogP contribution in [-0.2, 0) is 28.0 Å². The summed E-state index contributed by atoms with van der Waals surface area (Å²) in [6.45, 7) is 17.7. The maximum atomic E-state index is 16.0. The van der Waals surface area contributed by atoms with Crippen LogP contribution in [0.5, 0.6) is 0 Å². The van der Waals surface area contributed by atoms with Crippen LogP contribution in [-0.4, -0.2) is 48.9 Å². The number of likely N-dealkylation sites (tertiary alicyclic amines) is 1. The van der Waals surface area contributed by atoms with Gasteiger partial charge in [0.1, 0.15) is 17.2 Å². The molecule has 2 unspecified atom stereocenters. The number of halogens is 3. The second-order valence-corrected chi connectivity index (χ2v) is 14.8. The van der Waals surface area contributed by atoms with Crippen molar-refractivity contribution < 1.29 is 23.4 Å². The number of aromatic nitrogens is 3. The highest BCUT2D eigenvalue weighted by Crippen LogP contribution is 2.42. The minimum Gasteiger partial charge on any atom is -0.460 e. The van der Waals surface area contributed by atoms with Gasteiger partial charge in [0, 0.05) is 41.9 Å². The monoisotopic (exact) mass is 645 g/mol. The Kier molecular flexibility index (Phi) is 10.0. The van der Waals surface area contributed by atoms with Crippen molar-refractivity contribution in [2.45, 2.75) is 111 Å². The number of pyridine rings is 1. The molecule has 0 amide bonds. The van der Waals surface area contributed by atoms with Crippen molar-refractivity contribution in [3.8, 4) is 0 Å². The summed E-state index contributed by atoms with van der Waals surface area (Å²) < 4.78 is 38.6. The molecule has 4 rings (SSSR count). The van der Waals surface area contributed by atoms with Crippen LogP contribution < -0.4 is 5.32 Å². The second kappa shape index (κ2) is 13.0. The van der Waals surface area contributed by atoms with Gasteiger partial charge in [0.05, 0.1) is 27.8 Å². The minimum atomic E-state index is -1.12. The smallest absolute Gasteiger partial charge is 0.313 e. The van der Waals surface area contributed by atoms with E-state index in [1.54, 1.807) is 32.9 Å². The first-order valence-corrected chi connectivity index (χ1v) is 15.8. The van der Waals surface area contributed by atoms with Gasteiger partial charge in [-0.3, -0.25) is 14.4 Å². The topological polar surface area (TPSA) is 92.5 Å². The van der Waals surface area contributed by atoms with Crippen molar-refractivity contribution in [2.75, 3.05) is 11.9 Å². The Balaban J connectivity index is 1.70. The van der Waals surface area contributed by atoms with E-state index in [1.807, 2.05) is 45.4 Å². The van der Waals surface area contributed by atoms with Crippen molar-refractivity contribution in [1.29, 1.82) is 0 Å². The third-order valence-corrected chi connectivity index (χ3v) is 8.51. The molecule has 2 N–H and O–H groups in total. The Labute approximate surface area is 270 Å². The standard InChI is InChI=1S/C34H46ClF2N5O3/c1-20-15-28(40-42(20)32(4,5)6)39-27-16-24(22(3)43)30(37)26(38-27)18-34(31(44)45-33(7,8)9)13-14-41(21(2)17-34)19-23-11-10-12-25(35)29(23)36/h10-12,15-16,21-22,43H,13-14,17-19H2,1-9H3,(H,38,39,40)/t21-,22?,34?/m1/s1. The molecule has 3 atom stereocenters. The van der Waals surface area contributed by atoms with Crippen LogP contribution >= 0.6 is 11.6 Å². The number of carbonyl (C=O) groups excluding carboxylic acids is 1. The summed E-state index contributed by atoms with van der Waals surface area (Å²) in [5.41, 5.74) is -0.603. The molecule has 0 bridgehead atoms. The Morgan fingerprint density at radius 2 is 1.87 bits per heavy atom. The van der Waals surface area contributed by atoms with E-state index in [2.05, 4.69) is 20.3 Å². The fraction of sp³-hybridized carbons (Fsp3) is 0.559. The first-order chi connectivity index (χ1) is 20.8. The molecule has 45 heavy (non-hydrogen) atoms. The van der Waals surface area contributed by atoms with Crippen molar-refractivity contribution in [2.24, 2.45) is 5.41 Å².